The van der Waals surface area contributed by atoms with Crippen LogP contribution in [0.4, 0.5) is 18.9 Å². The van der Waals surface area contributed by atoms with Crippen LogP contribution in [0.3, 0.4) is 0 Å². The standard InChI is InChI=1S/C19H19F3N4O3/c1-2-29-18(28)14-8-13(23)12(10-24-14)17(27)26-7-3-4-15(26)11-5-6-16(25-9-11)19(20,21)22/h5-6,8-10,15H,2-4,7H2,1H3,(H2,23,24)/t15-/m1/s1. The summed E-state index contributed by atoms with van der Waals surface area (Å²) in [5, 5.41) is 0. The third-order valence-electron chi connectivity index (χ3n) is 4.63. The molecule has 0 unspecified atom stereocenters. The fraction of sp³-hybridized carbons (Fsp3) is 0.368. The van der Waals surface area contributed by atoms with Gasteiger partial charge in [-0.2, -0.15) is 13.2 Å². The third-order valence-corrected chi connectivity index (χ3v) is 4.63. The zero-order valence-electron chi connectivity index (χ0n) is 15.6. The summed E-state index contributed by atoms with van der Waals surface area (Å²) in [4.78, 5) is 33.7. The van der Waals surface area contributed by atoms with Crippen LogP contribution in [0.15, 0.2) is 30.6 Å². The van der Waals surface area contributed by atoms with E-state index >= 15 is 0 Å². The highest BCUT2D eigenvalue weighted by molar-refractivity contribution is 6.00. The van der Waals surface area contributed by atoms with E-state index in [0.717, 1.165) is 12.3 Å². The number of ether oxygens (including phenoxy) is 1. The molecule has 1 fully saturated rings. The Kier molecular flexibility index (Phi) is 5.71. The molecular weight excluding hydrogens is 389 g/mol. The van der Waals surface area contributed by atoms with Gasteiger partial charge in [0.25, 0.3) is 5.91 Å². The second-order valence-corrected chi connectivity index (χ2v) is 6.51. The number of aromatic nitrogens is 2. The molecule has 10 heteroatoms. The van der Waals surface area contributed by atoms with Crippen molar-refractivity contribution >= 4 is 17.6 Å². The second kappa shape index (κ2) is 8.06. The van der Waals surface area contributed by atoms with Crippen molar-refractivity contribution in [1.29, 1.82) is 0 Å². The molecule has 1 amide bonds. The lowest BCUT2D eigenvalue weighted by Crippen LogP contribution is -2.31. The van der Waals surface area contributed by atoms with Gasteiger partial charge in [-0.1, -0.05) is 6.07 Å². The molecule has 1 aliphatic heterocycles. The topological polar surface area (TPSA) is 98.4 Å². The SMILES string of the molecule is CCOC(=O)c1cc(N)c(C(=O)N2CCC[C@@H]2c2ccc(C(F)(F)F)nc2)cn1. The highest BCUT2D eigenvalue weighted by Gasteiger charge is 2.35. The van der Waals surface area contributed by atoms with Crippen LogP contribution < -0.4 is 5.73 Å². The van der Waals surface area contributed by atoms with Gasteiger partial charge >= 0.3 is 12.1 Å². The van der Waals surface area contributed by atoms with Gasteiger partial charge in [-0.05, 0) is 37.5 Å². The summed E-state index contributed by atoms with van der Waals surface area (Å²) < 4.78 is 43.0. The third kappa shape index (κ3) is 4.30. The summed E-state index contributed by atoms with van der Waals surface area (Å²) >= 11 is 0. The summed E-state index contributed by atoms with van der Waals surface area (Å²) in [5.74, 6) is -1.05. The smallest absolute Gasteiger partial charge is 0.433 e. The van der Waals surface area contributed by atoms with Crippen molar-refractivity contribution in [2.75, 3.05) is 18.9 Å². The normalized spacial score (nSPS) is 16.7. The molecule has 2 N–H and O–H groups in total. The maximum Gasteiger partial charge on any atom is 0.433 e. The number of nitrogens with zero attached hydrogens (tertiary/aromatic N) is 3. The first-order chi connectivity index (χ1) is 13.7. The first kappa shape index (κ1) is 20.6. The number of nitrogens with two attached hydrogens (primary N) is 1. The largest absolute Gasteiger partial charge is 0.461 e. The number of carbonyl (C=O) groups excluding carboxylic acids is 2. The van der Waals surface area contributed by atoms with Crippen LogP contribution >= 0.6 is 0 Å². The number of hydrogen-bond acceptors (Lipinski definition) is 6. The molecule has 0 radical (unpaired) electrons. The first-order valence-electron chi connectivity index (χ1n) is 8.99. The number of hydrogen-bond donors (Lipinski definition) is 1. The van der Waals surface area contributed by atoms with Crippen molar-refractivity contribution < 1.29 is 27.5 Å². The van der Waals surface area contributed by atoms with Crippen molar-refractivity contribution in [3.8, 4) is 0 Å². The first-order valence-corrected chi connectivity index (χ1v) is 8.99. The van der Waals surface area contributed by atoms with E-state index in [2.05, 4.69) is 9.97 Å². The van der Waals surface area contributed by atoms with Crippen LogP contribution in [0.5, 0.6) is 0 Å². The zero-order chi connectivity index (χ0) is 21.2. The van der Waals surface area contributed by atoms with Crippen LogP contribution in [0.25, 0.3) is 0 Å². The Labute approximate surface area is 164 Å². The molecule has 2 aromatic heterocycles. The van der Waals surface area contributed by atoms with Gasteiger partial charge in [0.15, 0.2) is 0 Å². The molecular formula is C19H19F3N4O3. The fourth-order valence-electron chi connectivity index (χ4n) is 3.25. The lowest BCUT2D eigenvalue weighted by molar-refractivity contribution is -0.141. The molecule has 0 saturated carbocycles. The van der Waals surface area contributed by atoms with Gasteiger partial charge in [-0.3, -0.25) is 9.78 Å². The van der Waals surface area contributed by atoms with Gasteiger partial charge in [0.2, 0.25) is 0 Å². The van der Waals surface area contributed by atoms with E-state index in [-0.39, 0.29) is 23.6 Å². The molecule has 1 saturated heterocycles. The average Bonchev–Trinajstić information content (AvgIpc) is 3.17. The molecule has 0 aromatic carbocycles. The maximum absolute atomic E-state index is 13.0. The van der Waals surface area contributed by atoms with E-state index < -0.39 is 29.8 Å². The highest BCUT2D eigenvalue weighted by Crippen LogP contribution is 2.35. The number of rotatable bonds is 4. The van der Waals surface area contributed by atoms with Crippen molar-refractivity contribution in [2.24, 2.45) is 0 Å². The molecule has 3 rings (SSSR count). The van der Waals surface area contributed by atoms with Crippen LogP contribution in [0.1, 0.15) is 57.9 Å². The number of halogens is 3. The Balaban J connectivity index is 1.82. The summed E-state index contributed by atoms with van der Waals surface area (Å²) in [7, 11) is 0. The predicted octanol–water partition coefficient (Wildman–Crippen LogP) is 3.23. The Morgan fingerprint density at radius 3 is 2.62 bits per heavy atom. The monoisotopic (exact) mass is 408 g/mol. The second-order valence-electron chi connectivity index (χ2n) is 6.51. The Morgan fingerprint density at radius 1 is 1.28 bits per heavy atom. The van der Waals surface area contributed by atoms with E-state index in [1.165, 1.54) is 23.2 Å². The number of pyridine rings is 2. The highest BCUT2D eigenvalue weighted by atomic mass is 19.4. The van der Waals surface area contributed by atoms with E-state index in [9.17, 15) is 22.8 Å². The Bertz CT molecular complexity index is 916. The number of esters is 1. The molecule has 1 aliphatic rings. The lowest BCUT2D eigenvalue weighted by Gasteiger charge is -2.25. The summed E-state index contributed by atoms with van der Waals surface area (Å²) in [5.41, 5.74) is 5.65. The molecule has 2 aromatic rings. The van der Waals surface area contributed by atoms with Gasteiger partial charge in [0.05, 0.1) is 18.2 Å². The van der Waals surface area contributed by atoms with Crippen LogP contribution in [-0.4, -0.2) is 39.9 Å². The van der Waals surface area contributed by atoms with Crippen molar-refractivity contribution in [1.82, 2.24) is 14.9 Å². The number of nitrogen functional groups attached to an aromatic ring is 1. The molecule has 0 spiro atoms. The Morgan fingerprint density at radius 2 is 2.03 bits per heavy atom. The van der Waals surface area contributed by atoms with Gasteiger partial charge in [-0.25, -0.2) is 9.78 Å². The van der Waals surface area contributed by atoms with Crippen LogP contribution in [0.2, 0.25) is 0 Å². The number of likely N-dealkylation sites (tertiary alicyclic amines) is 1. The summed E-state index contributed by atoms with van der Waals surface area (Å²) in [6.07, 6.45) is -0.891. The average molecular weight is 408 g/mol. The molecule has 1 atom stereocenters. The number of amides is 1. The zero-order valence-corrected chi connectivity index (χ0v) is 15.6. The summed E-state index contributed by atoms with van der Waals surface area (Å²) in [6.45, 7) is 2.25. The molecule has 154 valence electrons. The van der Waals surface area contributed by atoms with E-state index in [0.29, 0.717) is 24.9 Å². The van der Waals surface area contributed by atoms with Gasteiger partial charge in [0, 0.05) is 24.6 Å². The number of anilines is 1. The van der Waals surface area contributed by atoms with Crippen LogP contribution in [0, 0.1) is 0 Å². The maximum atomic E-state index is 13.0. The number of alkyl halides is 3. The number of carbonyl (C=O) groups is 2. The lowest BCUT2D eigenvalue weighted by atomic mass is 10.1. The summed E-state index contributed by atoms with van der Waals surface area (Å²) in [6, 6.07) is 3.09. The minimum absolute atomic E-state index is 0.00851. The molecule has 0 aliphatic carbocycles. The van der Waals surface area contributed by atoms with Gasteiger partial charge in [0.1, 0.15) is 11.4 Å². The Hall–Kier alpha value is -3.17. The van der Waals surface area contributed by atoms with Crippen molar-refractivity contribution in [2.45, 2.75) is 32.0 Å². The minimum Gasteiger partial charge on any atom is -0.461 e. The van der Waals surface area contributed by atoms with Gasteiger partial charge < -0.3 is 15.4 Å². The van der Waals surface area contributed by atoms with E-state index in [1.807, 2.05) is 0 Å². The molecule has 7 nitrogen and oxygen atoms in total. The molecule has 0 bridgehead atoms. The van der Waals surface area contributed by atoms with Crippen LogP contribution in [-0.2, 0) is 10.9 Å². The predicted molar refractivity (Wildman–Crippen MR) is 96.9 cm³/mol. The van der Waals surface area contributed by atoms with E-state index in [4.69, 9.17) is 10.5 Å². The van der Waals surface area contributed by atoms with Gasteiger partial charge in [-0.15, -0.1) is 0 Å². The quantitative estimate of drug-likeness (QED) is 0.780. The fourth-order valence-corrected chi connectivity index (χ4v) is 3.25. The van der Waals surface area contributed by atoms with Crippen molar-refractivity contribution in [3.05, 3.63) is 53.1 Å². The molecule has 29 heavy (non-hydrogen) atoms. The molecule has 3 heterocycles. The van der Waals surface area contributed by atoms with Crippen molar-refractivity contribution in [3.63, 3.8) is 0 Å². The minimum atomic E-state index is -4.52. The van der Waals surface area contributed by atoms with E-state index in [1.54, 1.807) is 6.92 Å².